The van der Waals surface area contributed by atoms with Crippen LogP contribution < -0.4 is 10.4 Å². The Hall–Kier alpha value is -3.19. The van der Waals surface area contributed by atoms with E-state index in [0.29, 0.717) is 13.0 Å². The number of carboxylic acids is 1. The molecule has 3 amide bonds. The van der Waals surface area contributed by atoms with Crippen LogP contribution in [0.5, 0.6) is 0 Å². The third-order valence-corrected chi connectivity index (χ3v) is 4.36. The first-order valence-corrected chi connectivity index (χ1v) is 8.53. The van der Waals surface area contributed by atoms with Gasteiger partial charge in [-0.15, -0.1) is 0 Å². The van der Waals surface area contributed by atoms with Crippen LogP contribution in [0, 0.1) is 0 Å². The van der Waals surface area contributed by atoms with Crippen LogP contribution in [-0.4, -0.2) is 35.1 Å². The molecule has 0 radical (unpaired) electrons. The summed E-state index contributed by atoms with van der Waals surface area (Å²) < 4.78 is 0. The number of anilines is 1. The Bertz CT molecular complexity index is 986. The van der Waals surface area contributed by atoms with E-state index < -0.39 is 23.7 Å². The van der Waals surface area contributed by atoms with E-state index in [-0.39, 0.29) is 33.0 Å². The van der Waals surface area contributed by atoms with Crippen LogP contribution in [0.15, 0.2) is 36.4 Å². The van der Waals surface area contributed by atoms with Gasteiger partial charge in [-0.1, -0.05) is 18.5 Å². The average Bonchev–Trinajstić information content (AvgIpc) is 2.86. The summed E-state index contributed by atoms with van der Waals surface area (Å²) in [5, 5.41) is 13.9. The number of imide groups is 1. The van der Waals surface area contributed by atoms with Gasteiger partial charge < -0.3 is 15.2 Å². The molecule has 7 nitrogen and oxygen atoms in total. The fourth-order valence-electron chi connectivity index (χ4n) is 2.85. The number of amides is 3. The Kier molecular flexibility index (Phi) is 4.96. The molecule has 0 spiro atoms. The quantitative estimate of drug-likeness (QED) is 0.792. The van der Waals surface area contributed by atoms with Gasteiger partial charge >= 0.3 is 0 Å². The molecule has 0 fully saturated rings. The first kappa shape index (κ1) is 18.6. The van der Waals surface area contributed by atoms with E-state index in [4.69, 9.17) is 11.6 Å². The van der Waals surface area contributed by atoms with Crippen molar-refractivity contribution in [1.29, 1.82) is 0 Å². The molecule has 138 valence electrons. The largest absolute Gasteiger partial charge is 0.545 e. The first-order chi connectivity index (χ1) is 12.8. The number of fused-ring (bicyclic) bond motifs is 1. The number of nitrogens with one attached hydrogen (secondary N) is 1. The van der Waals surface area contributed by atoms with Gasteiger partial charge in [-0.05, 0) is 42.8 Å². The zero-order chi connectivity index (χ0) is 19.7. The van der Waals surface area contributed by atoms with Crippen LogP contribution in [0.2, 0.25) is 5.02 Å². The molecule has 2 aromatic rings. The molecule has 1 N–H and O–H groups in total. The highest BCUT2D eigenvalue weighted by Crippen LogP contribution is 2.26. The van der Waals surface area contributed by atoms with Crippen LogP contribution in [0.4, 0.5) is 5.69 Å². The monoisotopic (exact) mass is 385 g/mol. The number of halogens is 1. The maximum atomic E-state index is 12.5. The summed E-state index contributed by atoms with van der Waals surface area (Å²) >= 11 is 5.86. The number of benzene rings is 2. The van der Waals surface area contributed by atoms with Gasteiger partial charge in [-0.25, -0.2) is 0 Å². The summed E-state index contributed by atoms with van der Waals surface area (Å²) in [6, 6.07) is 8.01. The molecular weight excluding hydrogens is 372 g/mol. The molecule has 0 bridgehead atoms. The van der Waals surface area contributed by atoms with Gasteiger partial charge in [0.2, 0.25) is 0 Å². The molecule has 1 aliphatic heterocycles. The lowest BCUT2D eigenvalue weighted by Gasteiger charge is -2.12. The van der Waals surface area contributed by atoms with Crippen molar-refractivity contribution in [3.63, 3.8) is 0 Å². The summed E-state index contributed by atoms with van der Waals surface area (Å²) in [6.45, 7) is 2.15. The van der Waals surface area contributed by atoms with Crippen LogP contribution in [0.1, 0.15) is 54.8 Å². The van der Waals surface area contributed by atoms with E-state index in [1.807, 2.05) is 6.92 Å². The summed E-state index contributed by atoms with van der Waals surface area (Å²) in [7, 11) is 0. The molecule has 0 aliphatic carbocycles. The van der Waals surface area contributed by atoms with Crippen molar-refractivity contribution in [2.24, 2.45) is 0 Å². The maximum Gasteiger partial charge on any atom is 0.261 e. The minimum atomic E-state index is -1.47. The van der Waals surface area contributed by atoms with Crippen molar-refractivity contribution in [3.05, 3.63) is 63.7 Å². The Labute approximate surface area is 159 Å². The Morgan fingerprint density at radius 2 is 1.78 bits per heavy atom. The van der Waals surface area contributed by atoms with E-state index in [1.165, 1.54) is 36.4 Å². The lowest BCUT2D eigenvalue weighted by Crippen LogP contribution is -2.30. The van der Waals surface area contributed by atoms with E-state index in [9.17, 15) is 24.3 Å². The number of carboxylic acid groups (broad SMARTS) is 1. The average molecular weight is 386 g/mol. The molecule has 0 unspecified atom stereocenters. The van der Waals surface area contributed by atoms with Crippen molar-refractivity contribution in [2.45, 2.75) is 13.3 Å². The van der Waals surface area contributed by atoms with Gasteiger partial charge in [0.15, 0.2) is 0 Å². The van der Waals surface area contributed by atoms with Crippen LogP contribution in [0.25, 0.3) is 0 Å². The van der Waals surface area contributed by atoms with Gasteiger partial charge in [-0.3, -0.25) is 19.3 Å². The summed E-state index contributed by atoms with van der Waals surface area (Å²) in [5.41, 5.74) is 0.241. The molecule has 0 atom stereocenters. The minimum absolute atomic E-state index is 0.0250. The molecular formula is C19H14ClN2O5-. The van der Waals surface area contributed by atoms with Gasteiger partial charge in [-0.2, -0.15) is 0 Å². The number of rotatable bonds is 5. The van der Waals surface area contributed by atoms with E-state index in [0.717, 1.165) is 4.90 Å². The highest BCUT2D eigenvalue weighted by atomic mass is 35.5. The molecule has 1 heterocycles. The number of hydrogen-bond donors (Lipinski definition) is 1. The van der Waals surface area contributed by atoms with Gasteiger partial charge in [0.1, 0.15) is 0 Å². The van der Waals surface area contributed by atoms with Gasteiger partial charge in [0.05, 0.1) is 22.8 Å². The van der Waals surface area contributed by atoms with Crippen molar-refractivity contribution < 1.29 is 24.3 Å². The Balaban J connectivity index is 1.91. The lowest BCUT2D eigenvalue weighted by molar-refractivity contribution is -0.254. The number of carbonyl (C=O) groups is 4. The number of carbonyl (C=O) groups excluding carboxylic acids is 4. The second-order valence-corrected chi connectivity index (χ2v) is 6.39. The Morgan fingerprint density at radius 1 is 1.07 bits per heavy atom. The van der Waals surface area contributed by atoms with Crippen molar-refractivity contribution >= 4 is 41.0 Å². The molecule has 2 aromatic carbocycles. The maximum absolute atomic E-state index is 12.5. The zero-order valence-corrected chi connectivity index (χ0v) is 15.0. The highest BCUT2D eigenvalue weighted by molar-refractivity contribution is 6.31. The highest BCUT2D eigenvalue weighted by Gasteiger charge is 2.35. The molecule has 1 aliphatic rings. The second-order valence-electron chi connectivity index (χ2n) is 5.95. The zero-order valence-electron chi connectivity index (χ0n) is 14.2. The standard InChI is InChI=1S/C19H15ClN2O5/c1-2-7-22-17(24)12-5-3-10(8-14(12)18(22)25)16(23)21-15-9-11(20)4-6-13(15)19(26)27/h3-6,8-9H,2,7H2,1H3,(H,21,23)(H,26,27)/p-1. The van der Waals surface area contributed by atoms with Crippen molar-refractivity contribution in [3.8, 4) is 0 Å². The van der Waals surface area contributed by atoms with E-state index in [2.05, 4.69) is 5.32 Å². The third kappa shape index (κ3) is 3.41. The molecule has 0 saturated heterocycles. The van der Waals surface area contributed by atoms with Crippen molar-refractivity contribution in [1.82, 2.24) is 4.90 Å². The summed E-state index contributed by atoms with van der Waals surface area (Å²) in [4.78, 5) is 49.5. The Morgan fingerprint density at radius 3 is 2.44 bits per heavy atom. The predicted molar refractivity (Wildman–Crippen MR) is 95.8 cm³/mol. The number of hydrogen-bond acceptors (Lipinski definition) is 5. The third-order valence-electron chi connectivity index (χ3n) is 4.13. The number of aromatic carboxylic acids is 1. The SMILES string of the molecule is CCCN1C(=O)c2ccc(C(=O)Nc3cc(Cl)ccc3C(=O)[O-])cc2C1=O. The minimum Gasteiger partial charge on any atom is -0.545 e. The predicted octanol–water partition coefficient (Wildman–Crippen LogP) is 1.96. The van der Waals surface area contributed by atoms with Crippen LogP contribution in [0.3, 0.4) is 0 Å². The van der Waals surface area contributed by atoms with Gasteiger partial charge in [0.25, 0.3) is 17.7 Å². The number of nitrogens with zero attached hydrogens (tertiary/aromatic N) is 1. The second kappa shape index (κ2) is 7.20. The molecule has 27 heavy (non-hydrogen) atoms. The normalized spacial score (nSPS) is 12.9. The molecule has 3 rings (SSSR count). The van der Waals surface area contributed by atoms with Crippen LogP contribution >= 0.6 is 11.6 Å². The molecule has 8 heteroatoms. The lowest BCUT2D eigenvalue weighted by atomic mass is 10.0. The van der Waals surface area contributed by atoms with E-state index >= 15 is 0 Å². The molecule has 0 saturated carbocycles. The fraction of sp³-hybridized carbons (Fsp3) is 0.158. The topological polar surface area (TPSA) is 107 Å². The summed E-state index contributed by atoms with van der Waals surface area (Å²) in [6.07, 6.45) is 0.625. The fourth-order valence-corrected chi connectivity index (χ4v) is 3.02. The van der Waals surface area contributed by atoms with E-state index in [1.54, 1.807) is 0 Å². The van der Waals surface area contributed by atoms with Crippen LogP contribution in [-0.2, 0) is 0 Å². The first-order valence-electron chi connectivity index (χ1n) is 8.16. The van der Waals surface area contributed by atoms with Gasteiger partial charge in [0, 0.05) is 22.7 Å². The smallest absolute Gasteiger partial charge is 0.261 e. The summed E-state index contributed by atoms with van der Waals surface area (Å²) in [5.74, 6) is -2.95. The molecule has 0 aromatic heterocycles. The van der Waals surface area contributed by atoms with Crippen molar-refractivity contribution in [2.75, 3.05) is 11.9 Å².